The van der Waals surface area contributed by atoms with Crippen molar-refractivity contribution in [2.24, 2.45) is 0 Å². The third-order valence-electron chi connectivity index (χ3n) is 2.83. The number of hydrogen-bond donors (Lipinski definition) is 0. The lowest BCUT2D eigenvalue weighted by atomic mass is 10.1. The molecular formula is C14H20FNO2. The smallest absolute Gasteiger partial charge is 0.340 e. The van der Waals surface area contributed by atoms with Crippen LogP contribution in [0.2, 0.25) is 0 Å². The fourth-order valence-corrected chi connectivity index (χ4v) is 1.86. The molecule has 0 amide bonds. The Hall–Kier alpha value is -1.42. The number of ether oxygens (including phenoxy) is 1. The number of esters is 1. The zero-order chi connectivity index (χ0) is 13.5. The molecule has 1 rings (SSSR count). The molecule has 0 unspecified atom stereocenters. The van der Waals surface area contributed by atoms with Gasteiger partial charge >= 0.3 is 5.97 Å². The van der Waals surface area contributed by atoms with Crippen LogP contribution in [0.1, 0.15) is 36.2 Å². The van der Waals surface area contributed by atoms with Crippen molar-refractivity contribution in [2.45, 2.75) is 26.8 Å². The van der Waals surface area contributed by atoms with E-state index in [1.54, 1.807) is 6.07 Å². The number of nitrogens with zero attached hydrogens (tertiary/aromatic N) is 1. The van der Waals surface area contributed by atoms with Crippen LogP contribution in [0.5, 0.6) is 0 Å². The van der Waals surface area contributed by atoms with Gasteiger partial charge in [-0.2, -0.15) is 0 Å². The van der Waals surface area contributed by atoms with E-state index in [4.69, 9.17) is 0 Å². The second-order valence-corrected chi connectivity index (χ2v) is 4.17. The molecule has 18 heavy (non-hydrogen) atoms. The van der Waals surface area contributed by atoms with Gasteiger partial charge in [-0.25, -0.2) is 9.18 Å². The highest BCUT2D eigenvalue weighted by molar-refractivity contribution is 5.89. The molecule has 0 aliphatic rings. The molecule has 0 saturated heterocycles. The lowest BCUT2D eigenvalue weighted by Crippen LogP contribution is -2.23. The van der Waals surface area contributed by atoms with Crippen molar-refractivity contribution in [1.29, 1.82) is 0 Å². The van der Waals surface area contributed by atoms with Crippen LogP contribution in [0.15, 0.2) is 18.2 Å². The van der Waals surface area contributed by atoms with Gasteiger partial charge in [0.2, 0.25) is 0 Å². The topological polar surface area (TPSA) is 29.5 Å². The van der Waals surface area contributed by atoms with Gasteiger partial charge in [0.05, 0.1) is 12.7 Å². The molecule has 100 valence electrons. The molecule has 0 atom stereocenters. The molecule has 4 heteroatoms. The van der Waals surface area contributed by atoms with E-state index >= 15 is 0 Å². The van der Waals surface area contributed by atoms with Crippen molar-refractivity contribution in [3.8, 4) is 0 Å². The third-order valence-corrected chi connectivity index (χ3v) is 2.83. The van der Waals surface area contributed by atoms with Crippen LogP contribution in [0.4, 0.5) is 4.39 Å². The largest absolute Gasteiger partial charge is 0.465 e. The minimum absolute atomic E-state index is 0.0141. The van der Waals surface area contributed by atoms with Gasteiger partial charge in [-0.15, -0.1) is 0 Å². The maximum Gasteiger partial charge on any atom is 0.340 e. The molecule has 0 N–H and O–H groups in total. The quantitative estimate of drug-likeness (QED) is 0.730. The Morgan fingerprint density at radius 3 is 2.61 bits per heavy atom. The summed E-state index contributed by atoms with van der Waals surface area (Å²) in [5, 5.41) is 0. The number of hydrogen-bond acceptors (Lipinski definition) is 3. The maximum absolute atomic E-state index is 13.7. The number of carbonyl (C=O) groups is 1. The molecule has 0 radical (unpaired) electrons. The van der Waals surface area contributed by atoms with Gasteiger partial charge in [-0.1, -0.05) is 19.9 Å². The number of benzene rings is 1. The highest BCUT2D eigenvalue weighted by Gasteiger charge is 2.13. The highest BCUT2D eigenvalue weighted by Crippen LogP contribution is 2.13. The van der Waals surface area contributed by atoms with Gasteiger partial charge < -0.3 is 4.74 Å². The summed E-state index contributed by atoms with van der Waals surface area (Å²) >= 11 is 0. The van der Waals surface area contributed by atoms with E-state index in [0.29, 0.717) is 6.54 Å². The summed E-state index contributed by atoms with van der Waals surface area (Å²) in [4.78, 5) is 13.5. The van der Waals surface area contributed by atoms with E-state index in [9.17, 15) is 9.18 Å². The summed E-state index contributed by atoms with van der Waals surface area (Å²) in [6.07, 6.45) is 1.07. The molecule has 0 aromatic heterocycles. The number of carbonyl (C=O) groups excluding carboxylic acids is 1. The first-order chi connectivity index (χ1) is 8.62. The van der Waals surface area contributed by atoms with E-state index in [2.05, 4.69) is 23.5 Å². The molecule has 0 fully saturated rings. The lowest BCUT2D eigenvalue weighted by molar-refractivity contribution is 0.0595. The van der Waals surface area contributed by atoms with Crippen LogP contribution < -0.4 is 0 Å². The Labute approximate surface area is 108 Å². The van der Waals surface area contributed by atoms with Crippen LogP contribution in [0.25, 0.3) is 0 Å². The minimum atomic E-state index is -0.639. The lowest BCUT2D eigenvalue weighted by Gasteiger charge is -2.19. The van der Waals surface area contributed by atoms with E-state index in [1.165, 1.54) is 19.2 Å². The van der Waals surface area contributed by atoms with Gasteiger partial charge in [0, 0.05) is 6.54 Å². The van der Waals surface area contributed by atoms with Crippen LogP contribution in [-0.2, 0) is 11.3 Å². The number of rotatable bonds is 6. The van der Waals surface area contributed by atoms with Crippen LogP contribution in [-0.4, -0.2) is 31.1 Å². The SMILES string of the molecule is CCCN(CC)Cc1ccc(C(=O)OC)c(F)c1. The first-order valence-electron chi connectivity index (χ1n) is 6.21. The molecule has 0 saturated carbocycles. The second-order valence-electron chi connectivity index (χ2n) is 4.17. The van der Waals surface area contributed by atoms with Crippen molar-refractivity contribution >= 4 is 5.97 Å². The van der Waals surface area contributed by atoms with Crippen molar-refractivity contribution < 1.29 is 13.9 Å². The Kier molecular flexibility index (Phi) is 5.78. The Bertz CT molecular complexity index is 407. The third kappa shape index (κ3) is 3.81. The number of halogens is 1. The monoisotopic (exact) mass is 253 g/mol. The van der Waals surface area contributed by atoms with E-state index < -0.39 is 11.8 Å². The molecule has 0 spiro atoms. The summed E-state index contributed by atoms with van der Waals surface area (Å²) in [7, 11) is 1.25. The predicted octanol–water partition coefficient (Wildman–Crippen LogP) is 2.84. The average molecular weight is 253 g/mol. The van der Waals surface area contributed by atoms with Gasteiger partial charge in [0.25, 0.3) is 0 Å². The molecule has 3 nitrogen and oxygen atoms in total. The number of methoxy groups -OCH3 is 1. The zero-order valence-electron chi connectivity index (χ0n) is 11.2. The average Bonchev–Trinajstić information content (AvgIpc) is 2.37. The van der Waals surface area contributed by atoms with Crippen molar-refractivity contribution in [1.82, 2.24) is 4.90 Å². The first kappa shape index (κ1) is 14.6. The molecule has 0 heterocycles. The molecule has 1 aromatic rings. The Balaban J connectivity index is 2.80. The minimum Gasteiger partial charge on any atom is -0.465 e. The molecule has 0 bridgehead atoms. The summed E-state index contributed by atoms with van der Waals surface area (Å²) in [5.41, 5.74) is 0.857. The molecule has 1 aromatic carbocycles. The van der Waals surface area contributed by atoms with Crippen molar-refractivity contribution in [3.63, 3.8) is 0 Å². The fourth-order valence-electron chi connectivity index (χ4n) is 1.86. The first-order valence-corrected chi connectivity index (χ1v) is 6.21. The Morgan fingerprint density at radius 2 is 2.11 bits per heavy atom. The second kappa shape index (κ2) is 7.11. The van der Waals surface area contributed by atoms with Gasteiger partial charge in [-0.05, 0) is 37.2 Å². The van der Waals surface area contributed by atoms with Gasteiger partial charge in [0.15, 0.2) is 0 Å². The van der Waals surface area contributed by atoms with Crippen LogP contribution in [0, 0.1) is 5.82 Å². The van der Waals surface area contributed by atoms with Crippen LogP contribution in [0.3, 0.4) is 0 Å². The maximum atomic E-state index is 13.7. The zero-order valence-corrected chi connectivity index (χ0v) is 11.2. The fraction of sp³-hybridized carbons (Fsp3) is 0.500. The van der Waals surface area contributed by atoms with Crippen molar-refractivity contribution in [3.05, 3.63) is 35.1 Å². The Morgan fingerprint density at radius 1 is 1.39 bits per heavy atom. The standard InChI is InChI=1S/C14H20FNO2/c1-4-8-16(5-2)10-11-6-7-12(13(15)9-11)14(17)18-3/h6-7,9H,4-5,8,10H2,1-3H3. The normalized spacial score (nSPS) is 10.7. The summed E-state index contributed by atoms with van der Waals surface area (Å²) in [6, 6.07) is 4.66. The van der Waals surface area contributed by atoms with Gasteiger partial charge in [0.1, 0.15) is 5.82 Å². The van der Waals surface area contributed by atoms with Crippen molar-refractivity contribution in [2.75, 3.05) is 20.2 Å². The van der Waals surface area contributed by atoms with E-state index in [0.717, 1.165) is 25.1 Å². The predicted molar refractivity (Wildman–Crippen MR) is 69.0 cm³/mol. The summed E-state index contributed by atoms with van der Waals surface area (Å²) in [6.45, 7) is 6.80. The molecule has 0 aliphatic heterocycles. The van der Waals surface area contributed by atoms with Crippen LogP contribution >= 0.6 is 0 Å². The highest BCUT2D eigenvalue weighted by atomic mass is 19.1. The van der Waals surface area contributed by atoms with E-state index in [-0.39, 0.29) is 5.56 Å². The molecule has 0 aliphatic carbocycles. The van der Waals surface area contributed by atoms with E-state index in [1.807, 2.05) is 0 Å². The molecular weight excluding hydrogens is 233 g/mol. The summed E-state index contributed by atoms with van der Waals surface area (Å²) < 4.78 is 18.2. The van der Waals surface area contributed by atoms with Gasteiger partial charge in [-0.3, -0.25) is 4.90 Å². The summed E-state index contributed by atoms with van der Waals surface area (Å²) in [5.74, 6) is -1.16.